The second-order valence-electron chi connectivity index (χ2n) is 5.13. The number of benzene rings is 1. The van der Waals surface area contributed by atoms with Crippen molar-refractivity contribution in [2.45, 2.75) is 26.7 Å². The van der Waals surface area contributed by atoms with Gasteiger partial charge < -0.3 is 5.32 Å². The Balaban J connectivity index is 1.83. The molecule has 0 aliphatic rings. The minimum Gasteiger partial charge on any atom is -0.356 e. The Morgan fingerprint density at radius 1 is 1.36 bits per heavy atom. The second kappa shape index (κ2) is 6.27. The van der Waals surface area contributed by atoms with Crippen LogP contribution in [0.2, 0.25) is 0 Å². The van der Waals surface area contributed by atoms with Crippen LogP contribution in [-0.4, -0.2) is 27.0 Å². The number of thiazole rings is 1. The van der Waals surface area contributed by atoms with Crippen LogP contribution in [0.3, 0.4) is 0 Å². The zero-order valence-corrected chi connectivity index (χ0v) is 13.5. The number of nitrogens with one attached hydrogen (secondary N) is 1. The van der Waals surface area contributed by atoms with E-state index in [1.807, 2.05) is 29.6 Å². The van der Waals surface area contributed by atoms with Gasteiger partial charge >= 0.3 is 0 Å². The number of carbonyl (C=O) groups is 1. The van der Waals surface area contributed by atoms with E-state index in [1.54, 1.807) is 11.3 Å². The molecule has 0 spiro atoms. The van der Waals surface area contributed by atoms with E-state index in [-0.39, 0.29) is 5.91 Å². The van der Waals surface area contributed by atoms with Gasteiger partial charge in [0.1, 0.15) is 0 Å². The van der Waals surface area contributed by atoms with E-state index in [4.69, 9.17) is 0 Å². The highest BCUT2D eigenvalue weighted by atomic mass is 32.1. The van der Waals surface area contributed by atoms with E-state index in [0.717, 1.165) is 34.0 Å². The van der Waals surface area contributed by atoms with Crippen LogP contribution in [0.5, 0.6) is 0 Å². The van der Waals surface area contributed by atoms with E-state index in [1.165, 1.54) is 0 Å². The molecule has 2 aromatic heterocycles. The summed E-state index contributed by atoms with van der Waals surface area (Å²) in [6.07, 6.45) is 1.27. The summed E-state index contributed by atoms with van der Waals surface area (Å²) in [5.74, 6) is 0.828. The molecule has 1 amide bonds. The number of hydrogen-bond donors (Lipinski definition) is 1. The Morgan fingerprint density at radius 2 is 2.18 bits per heavy atom. The molecule has 22 heavy (non-hydrogen) atoms. The number of carbonyl (C=O) groups excluding carboxylic acids is 1. The lowest BCUT2D eigenvalue weighted by molar-refractivity contribution is -0.120. The summed E-state index contributed by atoms with van der Waals surface area (Å²) in [6.45, 7) is 4.54. The van der Waals surface area contributed by atoms with Crippen LogP contribution in [0.4, 0.5) is 0 Å². The highest BCUT2D eigenvalue weighted by molar-refractivity contribution is 7.15. The average molecular weight is 314 g/mol. The van der Waals surface area contributed by atoms with Gasteiger partial charge in [0, 0.05) is 30.3 Å². The molecule has 0 atom stereocenters. The summed E-state index contributed by atoms with van der Waals surface area (Å²) >= 11 is 1.58. The van der Waals surface area contributed by atoms with Crippen molar-refractivity contribution in [2.24, 2.45) is 0 Å². The van der Waals surface area contributed by atoms with Crippen molar-refractivity contribution in [1.82, 2.24) is 19.9 Å². The molecule has 0 saturated carbocycles. The Hall–Kier alpha value is -2.21. The van der Waals surface area contributed by atoms with E-state index in [0.29, 0.717) is 13.0 Å². The smallest absolute Gasteiger partial charge is 0.219 e. The highest BCUT2D eigenvalue weighted by Crippen LogP contribution is 2.23. The number of amides is 1. The van der Waals surface area contributed by atoms with Gasteiger partial charge in [-0.25, -0.2) is 4.52 Å². The number of aryl methyl sites for hydroxylation is 1. The van der Waals surface area contributed by atoms with Crippen LogP contribution in [0.15, 0.2) is 29.6 Å². The van der Waals surface area contributed by atoms with Crippen LogP contribution in [0.25, 0.3) is 16.3 Å². The largest absolute Gasteiger partial charge is 0.356 e. The zero-order chi connectivity index (χ0) is 15.5. The minimum atomic E-state index is 0.0747. The Bertz CT molecular complexity index is 805. The van der Waals surface area contributed by atoms with Crippen molar-refractivity contribution >= 4 is 22.2 Å². The van der Waals surface area contributed by atoms with Crippen molar-refractivity contribution in [1.29, 1.82) is 0 Å². The first-order valence-electron chi connectivity index (χ1n) is 7.35. The first-order valence-corrected chi connectivity index (χ1v) is 8.23. The first-order chi connectivity index (χ1) is 10.7. The molecule has 0 aliphatic carbocycles. The molecular formula is C16H18N4OS. The lowest BCUT2D eigenvalue weighted by atomic mass is 10.1. The maximum absolute atomic E-state index is 11.3. The molecule has 0 aliphatic heterocycles. The van der Waals surface area contributed by atoms with Gasteiger partial charge in [-0.1, -0.05) is 31.2 Å². The maximum Gasteiger partial charge on any atom is 0.219 e. The number of hydrogen-bond acceptors (Lipinski definition) is 4. The van der Waals surface area contributed by atoms with Crippen molar-refractivity contribution < 1.29 is 4.79 Å². The van der Waals surface area contributed by atoms with Gasteiger partial charge in [-0.15, -0.1) is 16.4 Å². The fourth-order valence-electron chi connectivity index (χ4n) is 2.29. The topological polar surface area (TPSA) is 59.3 Å². The molecule has 1 N–H and O–H groups in total. The summed E-state index contributed by atoms with van der Waals surface area (Å²) in [6, 6.07) is 8.11. The zero-order valence-electron chi connectivity index (χ0n) is 12.7. The lowest BCUT2D eigenvalue weighted by Gasteiger charge is -2.02. The average Bonchev–Trinajstić information content (AvgIpc) is 3.09. The predicted octanol–water partition coefficient (Wildman–Crippen LogP) is 2.83. The van der Waals surface area contributed by atoms with Crippen LogP contribution in [0, 0.1) is 6.92 Å². The maximum atomic E-state index is 11.3. The van der Waals surface area contributed by atoms with Gasteiger partial charge in [0.25, 0.3) is 0 Å². The SMILES string of the molecule is CCC(=O)NCCc1csc2nc(-c3ccccc3C)nn12. The summed E-state index contributed by atoms with van der Waals surface area (Å²) in [4.78, 5) is 16.8. The molecule has 1 aromatic carbocycles. The summed E-state index contributed by atoms with van der Waals surface area (Å²) < 4.78 is 1.88. The standard InChI is InChI=1S/C16H18N4OS/c1-3-14(21)17-9-8-12-10-22-16-18-15(19-20(12)16)13-7-5-4-6-11(13)2/h4-7,10H,3,8-9H2,1-2H3,(H,17,21). The molecule has 0 saturated heterocycles. The Labute approximate surface area is 133 Å². The molecule has 0 unspecified atom stereocenters. The van der Waals surface area contributed by atoms with Crippen LogP contribution in [-0.2, 0) is 11.2 Å². The van der Waals surface area contributed by atoms with Crippen molar-refractivity contribution in [2.75, 3.05) is 6.54 Å². The number of rotatable bonds is 5. The van der Waals surface area contributed by atoms with E-state index < -0.39 is 0 Å². The molecule has 6 heteroatoms. The highest BCUT2D eigenvalue weighted by Gasteiger charge is 2.12. The summed E-state index contributed by atoms with van der Waals surface area (Å²) in [7, 11) is 0. The number of fused-ring (bicyclic) bond motifs is 1. The molecule has 0 radical (unpaired) electrons. The molecule has 3 rings (SSSR count). The van der Waals surface area contributed by atoms with E-state index in [2.05, 4.69) is 33.8 Å². The third-order valence-electron chi connectivity index (χ3n) is 3.56. The molecule has 3 aromatic rings. The van der Waals surface area contributed by atoms with Crippen molar-refractivity contribution in [3.05, 3.63) is 40.9 Å². The van der Waals surface area contributed by atoms with Crippen LogP contribution in [0.1, 0.15) is 24.6 Å². The normalized spacial score (nSPS) is 11.0. The van der Waals surface area contributed by atoms with Crippen molar-refractivity contribution in [3.63, 3.8) is 0 Å². The molecule has 5 nitrogen and oxygen atoms in total. The minimum absolute atomic E-state index is 0.0747. The molecular weight excluding hydrogens is 296 g/mol. The molecule has 0 fully saturated rings. The number of aromatic nitrogens is 3. The van der Waals surface area contributed by atoms with Gasteiger partial charge in [-0.3, -0.25) is 4.79 Å². The Kier molecular flexibility index (Phi) is 4.20. The number of nitrogens with zero attached hydrogens (tertiary/aromatic N) is 3. The fourth-order valence-corrected chi connectivity index (χ4v) is 3.15. The van der Waals surface area contributed by atoms with E-state index in [9.17, 15) is 4.79 Å². The van der Waals surface area contributed by atoms with E-state index >= 15 is 0 Å². The van der Waals surface area contributed by atoms with Gasteiger partial charge in [0.05, 0.1) is 5.69 Å². The molecule has 0 bridgehead atoms. The van der Waals surface area contributed by atoms with Crippen LogP contribution < -0.4 is 5.32 Å². The summed E-state index contributed by atoms with van der Waals surface area (Å²) in [5.41, 5.74) is 3.30. The van der Waals surface area contributed by atoms with Gasteiger partial charge in [0.2, 0.25) is 10.9 Å². The van der Waals surface area contributed by atoms with Gasteiger partial charge in [-0.2, -0.15) is 4.98 Å². The Morgan fingerprint density at radius 3 is 2.95 bits per heavy atom. The quantitative estimate of drug-likeness (QED) is 0.788. The third-order valence-corrected chi connectivity index (χ3v) is 4.43. The van der Waals surface area contributed by atoms with Crippen molar-refractivity contribution in [3.8, 4) is 11.4 Å². The monoisotopic (exact) mass is 314 g/mol. The fraction of sp³-hybridized carbons (Fsp3) is 0.312. The predicted molar refractivity (Wildman–Crippen MR) is 88.0 cm³/mol. The third kappa shape index (κ3) is 2.87. The lowest BCUT2D eigenvalue weighted by Crippen LogP contribution is -2.24. The second-order valence-corrected chi connectivity index (χ2v) is 5.96. The van der Waals surface area contributed by atoms with Gasteiger partial charge in [-0.05, 0) is 12.5 Å². The molecule has 2 heterocycles. The van der Waals surface area contributed by atoms with Gasteiger partial charge in [0.15, 0.2) is 5.82 Å². The van der Waals surface area contributed by atoms with Crippen LogP contribution >= 0.6 is 11.3 Å². The first kappa shape index (κ1) is 14.7. The molecule has 114 valence electrons. The summed E-state index contributed by atoms with van der Waals surface area (Å²) in [5, 5.41) is 9.56.